The number of aliphatic hydroxyl groups excluding tert-OH is 1. The summed E-state index contributed by atoms with van der Waals surface area (Å²) < 4.78 is 12.9. The van der Waals surface area contributed by atoms with Crippen LogP contribution in [0.3, 0.4) is 0 Å². The summed E-state index contributed by atoms with van der Waals surface area (Å²) in [5, 5.41) is 12.2. The lowest BCUT2D eigenvalue weighted by atomic mass is 9.92. The molecule has 3 unspecified atom stereocenters. The number of unbranched alkanes of at least 4 members (excludes halogenated alkanes) is 1. The molecule has 5 nitrogen and oxygen atoms in total. The minimum Gasteiger partial charge on any atom is -0.459 e. The van der Waals surface area contributed by atoms with Gasteiger partial charge < -0.3 is 19.9 Å². The van der Waals surface area contributed by atoms with Gasteiger partial charge >= 0.3 is 0 Å². The van der Waals surface area contributed by atoms with Gasteiger partial charge in [0, 0.05) is 29.5 Å². The molecule has 6 heteroatoms. The van der Waals surface area contributed by atoms with E-state index in [9.17, 15) is 4.79 Å². The molecule has 4 rings (SSSR count). The lowest BCUT2D eigenvalue weighted by Gasteiger charge is -2.30. The zero-order chi connectivity index (χ0) is 20.2. The third-order valence-electron chi connectivity index (χ3n) is 6.49. The van der Waals surface area contributed by atoms with Crippen molar-refractivity contribution in [3.8, 4) is 0 Å². The third kappa shape index (κ3) is 5.22. The molecule has 0 radical (unpaired) electrons. The molecular weight excluding hydrogens is 434 g/mol. The standard InChI is InChI=1S/C23H30BrNO4/c24-19-7-5-16(6-8-19)18-13-21(29-22(14-18)28-10-2-1-9-26)23(27)25-20-12-15-3-4-17(20)11-15/h5-8,13,15,17-18,20,22,26H,1-4,9-12,14H2,(H,25,27)/t15?,17?,18-,20?,22+/m1/s1. The Balaban J connectivity index is 1.44. The molecule has 2 N–H and O–H groups in total. The predicted octanol–water partition coefficient (Wildman–Crippen LogP) is 4.26. The second-order valence-corrected chi connectivity index (χ2v) is 9.44. The number of carbonyl (C=O) groups excluding carboxylic acids is 1. The van der Waals surface area contributed by atoms with Crippen LogP contribution in [0.5, 0.6) is 0 Å². The van der Waals surface area contributed by atoms with Crippen LogP contribution in [0.4, 0.5) is 0 Å². The van der Waals surface area contributed by atoms with E-state index in [2.05, 4.69) is 33.4 Å². The Morgan fingerprint density at radius 2 is 2.00 bits per heavy atom. The number of hydrogen-bond acceptors (Lipinski definition) is 4. The van der Waals surface area contributed by atoms with Crippen LogP contribution < -0.4 is 5.32 Å². The maximum Gasteiger partial charge on any atom is 0.286 e. The minimum atomic E-state index is -0.451. The lowest BCUT2D eigenvalue weighted by molar-refractivity contribution is -0.147. The highest BCUT2D eigenvalue weighted by Gasteiger charge is 2.41. The van der Waals surface area contributed by atoms with Crippen LogP contribution >= 0.6 is 15.9 Å². The lowest BCUT2D eigenvalue weighted by Crippen LogP contribution is -2.41. The van der Waals surface area contributed by atoms with E-state index in [0.717, 1.165) is 28.8 Å². The van der Waals surface area contributed by atoms with Crippen LogP contribution in [0, 0.1) is 11.8 Å². The van der Waals surface area contributed by atoms with Gasteiger partial charge in [0.2, 0.25) is 6.29 Å². The maximum atomic E-state index is 13.0. The number of allylic oxidation sites excluding steroid dienone is 1. The summed E-state index contributed by atoms with van der Waals surface area (Å²) in [6.45, 7) is 0.674. The second kappa shape index (κ2) is 9.63. The van der Waals surface area contributed by atoms with Crippen molar-refractivity contribution >= 4 is 21.8 Å². The Hall–Kier alpha value is -1.37. The van der Waals surface area contributed by atoms with Crippen molar-refractivity contribution in [2.75, 3.05) is 13.2 Å². The Bertz CT molecular complexity index is 735. The molecule has 1 aromatic rings. The van der Waals surface area contributed by atoms with E-state index in [4.69, 9.17) is 14.6 Å². The van der Waals surface area contributed by atoms with E-state index in [0.29, 0.717) is 31.1 Å². The van der Waals surface area contributed by atoms with Gasteiger partial charge in [-0.05, 0) is 67.7 Å². The molecule has 2 fully saturated rings. The highest BCUT2D eigenvalue weighted by Crippen LogP contribution is 2.44. The molecule has 5 atom stereocenters. The second-order valence-electron chi connectivity index (χ2n) is 8.53. The van der Waals surface area contributed by atoms with Gasteiger partial charge in [-0.25, -0.2) is 0 Å². The summed E-state index contributed by atoms with van der Waals surface area (Å²) in [4.78, 5) is 13.0. The molecule has 0 saturated heterocycles. The van der Waals surface area contributed by atoms with Gasteiger partial charge in [0.05, 0.1) is 6.61 Å². The summed E-state index contributed by atoms with van der Waals surface area (Å²) in [6.07, 6.45) is 8.54. The van der Waals surface area contributed by atoms with Crippen molar-refractivity contribution in [1.29, 1.82) is 0 Å². The molecule has 0 spiro atoms. The number of benzene rings is 1. The Kier molecular flexibility index (Phi) is 6.93. The van der Waals surface area contributed by atoms with Gasteiger partial charge in [-0.2, -0.15) is 0 Å². The Labute approximate surface area is 181 Å². The molecule has 2 aliphatic carbocycles. The molecule has 1 aromatic carbocycles. The topological polar surface area (TPSA) is 67.8 Å². The van der Waals surface area contributed by atoms with Crippen molar-refractivity contribution in [2.45, 2.75) is 63.2 Å². The minimum absolute atomic E-state index is 0.0699. The zero-order valence-corrected chi connectivity index (χ0v) is 18.3. The third-order valence-corrected chi connectivity index (χ3v) is 7.02. The van der Waals surface area contributed by atoms with Gasteiger partial charge in [-0.3, -0.25) is 4.79 Å². The molecule has 0 aromatic heterocycles. The first-order chi connectivity index (χ1) is 14.1. The first-order valence-electron chi connectivity index (χ1n) is 10.8. The molecule has 1 aliphatic heterocycles. The average Bonchev–Trinajstić information content (AvgIpc) is 3.35. The number of amides is 1. The summed E-state index contributed by atoms with van der Waals surface area (Å²) in [7, 11) is 0. The predicted molar refractivity (Wildman–Crippen MR) is 114 cm³/mol. The normalized spacial score (nSPS) is 30.7. The molecule has 2 bridgehead atoms. The SMILES string of the molecule is O=C(NC1CC2CCC1C2)C1=C[C@@H](c2ccc(Br)cc2)C[C@@H](OCCCCO)O1. The number of rotatable bonds is 8. The van der Waals surface area contributed by atoms with E-state index in [1.54, 1.807) is 0 Å². The first-order valence-corrected chi connectivity index (χ1v) is 11.6. The van der Waals surface area contributed by atoms with E-state index < -0.39 is 6.29 Å². The molecule has 1 amide bonds. The van der Waals surface area contributed by atoms with Gasteiger partial charge in [-0.15, -0.1) is 0 Å². The monoisotopic (exact) mass is 463 g/mol. The van der Waals surface area contributed by atoms with Crippen LogP contribution in [-0.2, 0) is 14.3 Å². The number of carbonyl (C=O) groups is 1. The molecule has 3 aliphatic rings. The summed E-state index contributed by atoms with van der Waals surface area (Å²) in [5.41, 5.74) is 1.14. The number of halogens is 1. The van der Waals surface area contributed by atoms with Crippen LogP contribution in [0.25, 0.3) is 0 Å². The Morgan fingerprint density at radius 1 is 1.17 bits per heavy atom. The van der Waals surface area contributed by atoms with Crippen molar-refractivity contribution in [1.82, 2.24) is 5.32 Å². The zero-order valence-electron chi connectivity index (χ0n) is 16.7. The molecule has 2 saturated carbocycles. The summed E-state index contributed by atoms with van der Waals surface area (Å²) in [5.74, 6) is 1.73. The average molecular weight is 464 g/mol. The number of aliphatic hydroxyl groups is 1. The highest BCUT2D eigenvalue weighted by molar-refractivity contribution is 9.10. The van der Waals surface area contributed by atoms with E-state index in [1.165, 1.54) is 19.3 Å². The van der Waals surface area contributed by atoms with E-state index >= 15 is 0 Å². The van der Waals surface area contributed by atoms with E-state index in [1.807, 2.05) is 18.2 Å². The number of nitrogens with one attached hydrogen (secondary N) is 1. The maximum absolute atomic E-state index is 13.0. The fourth-order valence-electron chi connectivity index (χ4n) is 4.95. The quantitative estimate of drug-likeness (QED) is 0.565. The molecule has 1 heterocycles. The first kappa shape index (κ1) is 20.9. The fourth-order valence-corrected chi connectivity index (χ4v) is 5.21. The smallest absolute Gasteiger partial charge is 0.286 e. The van der Waals surface area contributed by atoms with Crippen LogP contribution in [0.1, 0.15) is 56.4 Å². The van der Waals surface area contributed by atoms with Gasteiger partial charge in [0.15, 0.2) is 5.76 Å². The summed E-state index contributed by atoms with van der Waals surface area (Å²) >= 11 is 3.48. The molecule has 158 valence electrons. The molecular formula is C23H30BrNO4. The molecule has 29 heavy (non-hydrogen) atoms. The fraction of sp³-hybridized carbons (Fsp3) is 0.609. The summed E-state index contributed by atoms with van der Waals surface area (Å²) in [6, 6.07) is 8.47. The number of ether oxygens (including phenoxy) is 2. The van der Waals surface area contributed by atoms with Gasteiger partial charge in [-0.1, -0.05) is 34.5 Å². The van der Waals surface area contributed by atoms with Crippen molar-refractivity contribution in [3.63, 3.8) is 0 Å². The van der Waals surface area contributed by atoms with Crippen LogP contribution in [-0.4, -0.2) is 36.6 Å². The van der Waals surface area contributed by atoms with E-state index in [-0.39, 0.29) is 24.5 Å². The van der Waals surface area contributed by atoms with Crippen LogP contribution in [0.15, 0.2) is 40.6 Å². The number of fused-ring (bicyclic) bond motifs is 2. The van der Waals surface area contributed by atoms with Crippen molar-refractivity contribution < 1.29 is 19.4 Å². The largest absolute Gasteiger partial charge is 0.459 e. The van der Waals surface area contributed by atoms with Gasteiger partial charge in [0.25, 0.3) is 5.91 Å². The number of hydrogen-bond donors (Lipinski definition) is 2. The van der Waals surface area contributed by atoms with Crippen molar-refractivity contribution in [2.24, 2.45) is 11.8 Å². The van der Waals surface area contributed by atoms with Crippen LogP contribution in [0.2, 0.25) is 0 Å². The Morgan fingerprint density at radius 3 is 2.69 bits per heavy atom. The van der Waals surface area contributed by atoms with Gasteiger partial charge in [0.1, 0.15) is 0 Å². The highest BCUT2D eigenvalue weighted by atomic mass is 79.9. The van der Waals surface area contributed by atoms with Crippen molar-refractivity contribution in [3.05, 3.63) is 46.1 Å².